The van der Waals surface area contributed by atoms with Gasteiger partial charge in [-0.25, -0.2) is 4.79 Å². The van der Waals surface area contributed by atoms with Crippen molar-refractivity contribution in [2.45, 2.75) is 6.61 Å². The number of rotatable bonds is 6. The predicted octanol–water partition coefficient (Wildman–Crippen LogP) is 2.96. The average molecular weight is 346 g/mol. The summed E-state index contributed by atoms with van der Waals surface area (Å²) >= 11 is 0. The highest BCUT2D eigenvalue weighted by Crippen LogP contribution is 2.25. The SMILES string of the molecule is N#Cc1ccc(C(=O)OCC(=O)Nc2ccccc2OC(F)F)cc1. The first kappa shape index (κ1) is 17.9. The Labute approximate surface area is 141 Å². The van der Waals surface area contributed by atoms with Crippen LogP contribution in [0.5, 0.6) is 5.75 Å². The van der Waals surface area contributed by atoms with Gasteiger partial charge in [0.1, 0.15) is 5.75 Å². The molecule has 0 heterocycles. The maximum atomic E-state index is 12.3. The minimum atomic E-state index is -3.03. The van der Waals surface area contributed by atoms with Gasteiger partial charge in [0.05, 0.1) is 22.9 Å². The summed E-state index contributed by atoms with van der Waals surface area (Å²) < 4.78 is 33.7. The van der Waals surface area contributed by atoms with Crippen molar-refractivity contribution in [3.63, 3.8) is 0 Å². The van der Waals surface area contributed by atoms with E-state index in [1.54, 1.807) is 0 Å². The number of para-hydroxylation sites is 2. The number of carbonyl (C=O) groups is 2. The Balaban J connectivity index is 1.92. The van der Waals surface area contributed by atoms with E-state index >= 15 is 0 Å². The smallest absolute Gasteiger partial charge is 0.387 e. The summed E-state index contributed by atoms with van der Waals surface area (Å²) in [4.78, 5) is 23.6. The van der Waals surface area contributed by atoms with Crippen LogP contribution in [0.4, 0.5) is 14.5 Å². The van der Waals surface area contributed by atoms with Gasteiger partial charge < -0.3 is 14.8 Å². The minimum absolute atomic E-state index is 0.0298. The average Bonchev–Trinajstić information content (AvgIpc) is 2.61. The number of amides is 1. The first-order valence-corrected chi connectivity index (χ1v) is 7.00. The van der Waals surface area contributed by atoms with Crippen LogP contribution in [-0.2, 0) is 9.53 Å². The molecule has 0 aliphatic heterocycles. The molecule has 2 rings (SSSR count). The lowest BCUT2D eigenvalue weighted by molar-refractivity contribution is -0.119. The number of anilines is 1. The summed E-state index contributed by atoms with van der Waals surface area (Å²) in [6.45, 7) is -3.64. The molecule has 0 atom stereocenters. The van der Waals surface area contributed by atoms with Crippen molar-refractivity contribution < 1.29 is 27.8 Å². The molecule has 0 saturated carbocycles. The Kier molecular flexibility index (Phi) is 6.01. The minimum Gasteiger partial charge on any atom is -0.452 e. The van der Waals surface area contributed by atoms with E-state index in [9.17, 15) is 18.4 Å². The first-order valence-electron chi connectivity index (χ1n) is 7.00. The molecule has 0 unspecified atom stereocenters. The van der Waals surface area contributed by atoms with Crippen LogP contribution in [0.2, 0.25) is 0 Å². The van der Waals surface area contributed by atoms with Crippen molar-refractivity contribution in [2.75, 3.05) is 11.9 Å². The Morgan fingerprint density at radius 3 is 2.44 bits per heavy atom. The van der Waals surface area contributed by atoms with Crippen LogP contribution in [0, 0.1) is 11.3 Å². The van der Waals surface area contributed by atoms with Gasteiger partial charge in [0.15, 0.2) is 6.61 Å². The molecule has 2 aromatic carbocycles. The van der Waals surface area contributed by atoms with Crippen LogP contribution < -0.4 is 10.1 Å². The molecule has 0 aromatic heterocycles. The van der Waals surface area contributed by atoms with Crippen molar-refractivity contribution in [1.29, 1.82) is 5.26 Å². The quantitative estimate of drug-likeness (QED) is 0.813. The normalized spacial score (nSPS) is 10.0. The van der Waals surface area contributed by atoms with E-state index in [0.29, 0.717) is 5.56 Å². The molecule has 6 nitrogen and oxygen atoms in total. The Morgan fingerprint density at radius 2 is 1.80 bits per heavy atom. The second-order valence-electron chi connectivity index (χ2n) is 4.69. The summed E-state index contributed by atoms with van der Waals surface area (Å²) in [5, 5.41) is 11.0. The van der Waals surface area contributed by atoms with Crippen LogP contribution in [-0.4, -0.2) is 25.1 Å². The molecule has 128 valence electrons. The van der Waals surface area contributed by atoms with Gasteiger partial charge in [-0.15, -0.1) is 0 Å². The molecule has 1 N–H and O–H groups in total. The molecular weight excluding hydrogens is 334 g/mol. The van der Waals surface area contributed by atoms with Crippen LogP contribution in [0.1, 0.15) is 15.9 Å². The molecule has 0 aliphatic carbocycles. The maximum absolute atomic E-state index is 12.3. The van der Waals surface area contributed by atoms with Crippen LogP contribution >= 0.6 is 0 Å². The van der Waals surface area contributed by atoms with Gasteiger partial charge in [-0.05, 0) is 36.4 Å². The van der Waals surface area contributed by atoms with Gasteiger partial charge in [0, 0.05) is 0 Å². The van der Waals surface area contributed by atoms with Crippen LogP contribution in [0.15, 0.2) is 48.5 Å². The molecule has 0 bridgehead atoms. The number of nitriles is 1. The number of esters is 1. The standard InChI is InChI=1S/C17H12F2N2O4/c18-17(19)25-14-4-2-1-3-13(14)21-15(22)10-24-16(23)12-7-5-11(9-20)6-8-12/h1-8,17H,10H2,(H,21,22). The number of ether oxygens (including phenoxy) is 2. The number of hydrogen-bond acceptors (Lipinski definition) is 5. The molecular formula is C17H12F2N2O4. The van der Waals surface area contributed by atoms with Crippen molar-refractivity contribution in [3.05, 3.63) is 59.7 Å². The second-order valence-corrected chi connectivity index (χ2v) is 4.69. The molecule has 0 spiro atoms. The fourth-order valence-electron chi connectivity index (χ4n) is 1.85. The molecule has 0 saturated heterocycles. The van der Waals surface area contributed by atoms with E-state index in [0.717, 1.165) is 0 Å². The number of carbonyl (C=O) groups excluding carboxylic acids is 2. The highest BCUT2D eigenvalue weighted by Gasteiger charge is 2.14. The van der Waals surface area contributed by atoms with Crippen molar-refractivity contribution in [3.8, 4) is 11.8 Å². The van der Waals surface area contributed by atoms with E-state index < -0.39 is 25.1 Å². The molecule has 25 heavy (non-hydrogen) atoms. The summed E-state index contributed by atoms with van der Waals surface area (Å²) in [7, 11) is 0. The third-order valence-electron chi connectivity index (χ3n) is 2.96. The zero-order valence-corrected chi connectivity index (χ0v) is 12.7. The largest absolute Gasteiger partial charge is 0.452 e. The van der Waals surface area contributed by atoms with Crippen molar-refractivity contribution in [1.82, 2.24) is 0 Å². The lowest BCUT2D eigenvalue weighted by Crippen LogP contribution is -2.21. The lowest BCUT2D eigenvalue weighted by atomic mass is 10.1. The molecule has 8 heteroatoms. The van der Waals surface area contributed by atoms with Gasteiger partial charge >= 0.3 is 12.6 Å². The molecule has 0 fully saturated rings. The van der Waals surface area contributed by atoms with Gasteiger partial charge in [0.2, 0.25) is 0 Å². The van der Waals surface area contributed by atoms with Gasteiger partial charge in [0.25, 0.3) is 5.91 Å². The van der Waals surface area contributed by atoms with E-state index in [1.165, 1.54) is 48.5 Å². The van der Waals surface area contributed by atoms with Crippen molar-refractivity contribution >= 4 is 17.6 Å². The summed E-state index contributed by atoms with van der Waals surface area (Å²) in [5.74, 6) is -1.67. The number of benzene rings is 2. The number of alkyl halides is 2. The van der Waals surface area contributed by atoms with Crippen LogP contribution in [0.3, 0.4) is 0 Å². The topological polar surface area (TPSA) is 88.4 Å². The van der Waals surface area contributed by atoms with E-state index in [4.69, 9.17) is 10.00 Å². The number of nitrogens with one attached hydrogen (secondary N) is 1. The van der Waals surface area contributed by atoms with E-state index in [2.05, 4.69) is 10.1 Å². The lowest BCUT2D eigenvalue weighted by Gasteiger charge is -2.11. The van der Waals surface area contributed by atoms with Gasteiger partial charge in [-0.3, -0.25) is 4.79 Å². The third-order valence-corrected chi connectivity index (χ3v) is 2.96. The highest BCUT2D eigenvalue weighted by molar-refractivity contribution is 5.96. The fraction of sp³-hybridized carbons (Fsp3) is 0.118. The van der Waals surface area contributed by atoms with E-state index in [1.807, 2.05) is 6.07 Å². The zero-order valence-electron chi connectivity index (χ0n) is 12.7. The third kappa shape index (κ3) is 5.28. The van der Waals surface area contributed by atoms with Gasteiger partial charge in [-0.1, -0.05) is 12.1 Å². The highest BCUT2D eigenvalue weighted by atomic mass is 19.3. The summed E-state index contributed by atoms with van der Waals surface area (Å²) in [6.07, 6.45) is 0. The predicted molar refractivity (Wildman–Crippen MR) is 83.1 cm³/mol. The van der Waals surface area contributed by atoms with Gasteiger partial charge in [-0.2, -0.15) is 14.0 Å². The Hall–Kier alpha value is -3.47. The van der Waals surface area contributed by atoms with Crippen molar-refractivity contribution in [2.24, 2.45) is 0 Å². The monoisotopic (exact) mass is 346 g/mol. The Bertz CT molecular complexity index is 801. The van der Waals surface area contributed by atoms with E-state index in [-0.39, 0.29) is 17.0 Å². The molecule has 0 aliphatic rings. The van der Waals surface area contributed by atoms with Crippen LogP contribution in [0.25, 0.3) is 0 Å². The Morgan fingerprint density at radius 1 is 1.12 bits per heavy atom. The maximum Gasteiger partial charge on any atom is 0.387 e. The molecule has 1 amide bonds. The number of nitrogens with zero attached hydrogens (tertiary/aromatic N) is 1. The second kappa shape index (κ2) is 8.40. The number of halogens is 2. The first-order chi connectivity index (χ1) is 12.0. The number of hydrogen-bond donors (Lipinski definition) is 1. The molecule has 0 radical (unpaired) electrons. The molecule has 2 aromatic rings. The summed E-state index contributed by atoms with van der Waals surface area (Å²) in [6, 6.07) is 13.2. The zero-order chi connectivity index (χ0) is 18.2. The summed E-state index contributed by atoms with van der Waals surface area (Å²) in [5.41, 5.74) is 0.584. The fourth-order valence-corrected chi connectivity index (χ4v) is 1.85.